The fraction of sp³-hybridized carbons (Fsp3) is 0.474. The van der Waals surface area contributed by atoms with Crippen molar-refractivity contribution in [2.24, 2.45) is 11.3 Å². The number of thiophene rings is 1. The van der Waals surface area contributed by atoms with Crippen molar-refractivity contribution in [3.8, 4) is 0 Å². The van der Waals surface area contributed by atoms with Gasteiger partial charge in [-0.3, -0.25) is 14.7 Å². The van der Waals surface area contributed by atoms with Gasteiger partial charge in [-0.1, -0.05) is 17.7 Å². The molecule has 0 radical (unpaired) electrons. The van der Waals surface area contributed by atoms with E-state index in [0.29, 0.717) is 18.9 Å². The molecule has 138 valence electrons. The summed E-state index contributed by atoms with van der Waals surface area (Å²) < 4.78 is 0.809. The van der Waals surface area contributed by atoms with E-state index in [1.54, 1.807) is 23.7 Å². The summed E-state index contributed by atoms with van der Waals surface area (Å²) in [6.07, 6.45) is 3.83. The van der Waals surface area contributed by atoms with Crippen LogP contribution in [0.1, 0.15) is 10.4 Å². The minimum absolute atomic E-state index is 0.121. The van der Waals surface area contributed by atoms with E-state index in [1.807, 2.05) is 23.1 Å². The number of amides is 1. The fourth-order valence-electron chi connectivity index (χ4n) is 4.27. The van der Waals surface area contributed by atoms with Crippen molar-refractivity contribution < 1.29 is 9.90 Å². The summed E-state index contributed by atoms with van der Waals surface area (Å²) in [4.78, 5) is 22.3. The second kappa shape index (κ2) is 7.27. The number of pyridine rings is 1. The first kappa shape index (κ1) is 17.9. The van der Waals surface area contributed by atoms with Gasteiger partial charge in [0.2, 0.25) is 5.91 Å². The number of likely N-dealkylation sites (tertiary alicyclic amines) is 2. The Morgan fingerprint density at radius 3 is 2.88 bits per heavy atom. The van der Waals surface area contributed by atoms with Gasteiger partial charge in [0.1, 0.15) is 0 Å². The van der Waals surface area contributed by atoms with Gasteiger partial charge in [0, 0.05) is 55.4 Å². The molecule has 26 heavy (non-hydrogen) atoms. The predicted octanol–water partition coefficient (Wildman–Crippen LogP) is 2.29. The maximum Gasteiger partial charge on any atom is 0.227 e. The number of nitrogens with zero attached hydrogens (tertiary/aromatic N) is 3. The van der Waals surface area contributed by atoms with Crippen molar-refractivity contribution in [2.45, 2.75) is 13.0 Å². The van der Waals surface area contributed by atoms with Crippen molar-refractivity contribution in [3.05, 3.63) is 51.4 Å². The molecule has 4 rings (SSSR count). The number of halogens is 1. The van der Waals surface area contributed by atoms with E-state index < -0.39 is 0 Å². The van der Waals surface area contributed by atoms with Crippen LogP contribution in [0.4, 0.5) is 0 Å². The molecule has 7 heteroatoms. The number of carbonyl (C=O) groups excluding carboxylic acids is 1. The Hall–Kier alpha value is -1.47. The van der Waals surface area contributed by atoms with E-state index >= 15 is 0 Å². The highest BCUT2D eigenvalue weighted by Gasteiger charge is 2.52. The third-order valence-corrected chi connectivity index (χ3v) is 6.80. The maximum absolute atomic E-state index is 12.7. The van der Waals surface area contributed by atoms with E-state index in [0.717, 1.165) is 36.1 Å². The van der Waals surface area contributed by atoms with Gasteiger partial charge < -0.3 is 10.0 Å². The van der Waals surface area contributed by atoms with Crippen LogP contribution in [0.2, 0.25) is 4.34 Å². The molecule has 2 aromatic rings. The summed E-state index contributed by atoms with van der Waals surface area (Å²) in [5, 5.41) is 10.1. The van der Waals surface area contributed by atoms with Crippen molar-refractivity contribution in [3.63, 3.8) is 0 Å². The third-order valence-electron chi connectivity index (χ3n) is 5.58. The standard InChI is InChI=1S/C19H22ClN3O2S/c20-17-4-3-16(26-17)10-22-8-15-9-23(12-19(15,11-22)13-24)18(25)6-14-2-1-5-21-7-14/h1-5,7,15,24H,6,8-13H2. The Kier molecular flexibility index (Phi) is 5.01. The summed E-state index contributed by atoms with van der Waals surface area (Å²) in [6, 6.07) is 7.78. The Morgan fingerprint density at radius 1 is 1.35 bits per heavy atom. The number of aromatic nitrogens is 1. The molecule has 2 unspecified atom stereocenters. The lowest BCUT2D eigenvalue weighted by atomic mass is 9.82. The molecular weight excluding hydrogens is 370 g/mol. The molecule has 2 fully saturated rings. The Bertz CT molecular complexity index is 784. The topological polar surface area (TPSA) is 56.7 Å². The Labute approximate surface area is 162 Å². The quantitative estimate of drug-likeness (QED) is 0.849. The molecule has 2 saturated heterocycles. The minimum atomic E-state index is -0.203. The number of aliphatic hydroxyl groups excluding tert-OH is 1. The van der Waals surface area contributed by atoms with Gasteiger partial charge in [-0.2, -0.15) is 0 Å². The van der Waals surface area contributed by atoms with Crippen LogP contribution in [0.15, 0.2) is 36.7 Å². The summed E-state index contributed by atoms with van der Waals surface area (Å²) >= 11 is 7.63. The van der Waals surface area contributed by atoms with Crippen LogP contribution in [-0.4, -0.2) is 58.6 Å². The van der Waals surface area contributed by atoms with Gasteiger partial charge >= 0.3 is 0 Å². The van der Waals surface area contributed by atoms with Crippen LogP contribution in [-0.2, 0) is 17.8 Å². The molecule has 0 spiro atoms. The Balaban J connectivity index is 1.39. The predicted molar refractivity (Wildman–Crippen MR) is 102 cm³/mol. The molecule has 0 aromatic carbocycles. The Morgan fingerprint density at radius 2 is 2.23 bits per heavy atom. The van der Waals surface area contributed by atoms with Crippen LogP contribution in [0.25, 0.3) is 0 Å². The second-order valence-corrected chi connectivity index (χ2v) is 9.20. The lowest BCUT2D eigenvalue weighted by Gasteiger charge is -2.27. The monoisotopic (exact) mass is 391 g/mol. The molecule has 0 bridgehead atoms. The zero-order valence-electron chi connectivity index (χ0n) is 14.5. The van der Waals surface area contributed by atoms with E-state index in [4.69, 9.17) is 11.6 Å². The van der Waals surface area contributed by atoms with Crippen LogP contribution >= 0.6 is 22.9 Å². The summed E-state index contributed by atoms with van der Waals surface area (Å²) in [6.45, 7) is 4.07. The van der Waals surface area contributed by atoms with Crippen molar-refractivity contribution in [2.75, 3.05) is 32.8 Å². The lowest BCUT2D eigenvalue weighted by Crippen LogP contribution is -2.39. The number of carbonyl (C=O) groups is 1. The average Bonchev–Trinajstić information content (AvgIpc) is 3.28. The largest absolute Gasteiger partial charge is 0.396 e. The molecular formula is C19H22ClN3O2S. The molecule has 2 aromatic heterocycles. The van der Waals surface area contributed by atoms with E-state index in [2.05, 4.69) is 16.0 Å². The number of aliphatic hydroxyl groups is 1. The molecule has 0 aliphatic carbocycles. The van der Waals surface area contributed by atoms with E-state index in [9.17, 15) is 9.90 Å². The fourth-order valence-corrected chi connectivity index (χ4v) is 5.40. The normalized spacial score (nSPS) is 25.6. The summed E-state index contributed by atoms with van der Waals surface area (Å²) in [5.41, 5.74) is 0.731. The van der Waals surface area contributed by atoms with Gasteiger partial charge in [0.05, 0.1) is 17.4 Å². The molecule has 0 saturated carbocycles. The first-order chi connectivity index (χ1) is 12.6. The maximum atomic E-state index is 12.7. The van der Waals surface area contributed by atoms with Crippen LogP contribution < -0.4 is 0 Å². The first-order valence-corrected chi connectivity index (χ1v) is 10.0. The average molecular weight is 392 g/mol. The van der Waals surface area contributed by atoms with E-state index in [1.165, 1.54) is 4.88 Å². The number of fused-ring (bicyclic) bond motifs is 1. The van der Waals surface area contributed by atoms with Gasteiger partial charge in [-0.25, -0.2) is 0 Å². The molecule has 2 aliphatic heterocycles. The SMILES string of the molecule is O=C(Cc1cccnc1)N1CC2CN(Cc3ccc(Cl)s3)CC2(CO)C1. The highest BCUT2D eigenvalue weighted by atomic mass is 35.5. The van der Waals surface area contributed by atoms with Crippen LogP contribution in [0, 0.1) is 11.3 Å². The van der Waals surface area contributed by atoms with Gasteiger partial charge in [-0.15, -0.1) is 11.3 Å². The van der Waals surface area contributed by atoms with Crippen molar-refractivity contribution in [1.82, 2.24) is 14.8 Å². The second-order valence-electron chi connectivity index (χ2n) is 7.41. The molecule has 4 heterocycles. The van der Waals surface area contributed by atoms with Crippen LogP contribution in [0.3, 0.4) is 0 Å². The van der Waals surface area contributed by atoms with E-state index in [-0.39, 0.29) is 17.9 Å². The van der Waals surface area contributed by atoms with Crippen molar-refractivity contribution in [1.29, 1.82) is 0 Å². The highest BCUT2D eigenvalue weighted by Crippen LogP contribution is 2.43. The van der Waals surface area contributed by atoms with Gasteiger partial charge in [-0.05, 0) is 29.7 Å². The zero-order chi connectivity index (χ0) is 18.1. The molecule has 2 aliphatic rings. The highest BCUT2D eigenvalue weighted by molar-refractivity contribution is 7.16. The first-order valence-electron chi connectivity index (χ1n) is 8.82. The lowest BCUT2D eigenvalue weighted by molar-refractivity contribution is -0.130. The zero-order valence-corrected chi connectivity index (χ0v) is 16.0. The number of hydrogen-bond acceptors (Lipinski definition) is 5. The molecule has 1 amide bonds. The summed E-state index contributed by atoms with van der Waals surface area (Å²) in [7, 11) is 0. The number of hydrogen-bond donors (Lipinski definition) is 1. The molecule has 2 atom stereocenters. The van der Waals surface area contributed by atoms with Gasteiger partial charge in [0.15, 0.2) is 0 Å². The van der Waals surface area contributed by atoms with Gasteiger partial charge in [0.25, 0.3) is 0 Å². The summed E-state index contributed by atoms with van der Waals surface area (Å²) in [5.74, 6) is 0.442. The van der Waals surface area contributed by atoms with Crippen LogP contribution in [0.5, 0.6) is 0 Å². The smallest absolute Gasteiger partial charge is 0.227 e. The third kappa shape index (κ3) is 3.51. The number of rotatable bonds is 5. The minimum Gasteiger partial charge on any atom is -0.396 e. The molecule has 5 nitrogen and oxygen atoms in total. The van der Waals surface area contributed by atoms with Crippen molar-refractivity contribution >= 4 is 28.8 Å². The molecule has 1 N–H and O–H groups in total.